The number of benzene rings is 1. The normalized spacial score (nSPS) is 18.5. The number of hydrogen-bond acceptors (Lipinski definition) is 6. The molecule has 1 saturated heterocycles. The van der Waals surface area contributed by atoms with Gasteiger partial charge in [-0.05, 0) is 18.9 Å². The largest absolute Gasteiger partial charge is 0.395 e. The third-order valence-corrected chi connectivity index (χ3v) is 5.32. The molecule has 2 aliphatic heterocycles. The van der Waals surface area contributed by atoms with Crippen molar-refractivity contribution in [2.45, 2.75) is 13.3 Å². The van der Waals surface area contributed by atoms with E-state index in [4.69, 9.17) is 9.84 Å². The Bertz CT molecular complexity index is 737. The Morgan fingerprint density at radius 2 is 1.68 bits per heavy atom. The van der Waals surface area contributed by atoms with Gasteiger partial charge in [0.15, 0.2) is 0 Å². The van der Waals surface area contributed by atoms with Crippen LogP contribution in [0.15, 0.2) is 30.0 Å². The highest BCUT2D eigenvalue weighted by atomic mass is 16.5. The molecular formula is C21H29N3O4. The van der Waals surface area contributed by atoms with Crippen LogP contribution >= 0.6 is 0 Å². The molecule has 1 N–H and O–H groups in total. The molecule has 28 heavy (non-hydrogen) atoms. The summed E-state index contributed by atoms with van der Waals surface area (Å²) in [4.78, 5) is 31.9. The number of carbonyl (C=O) groups excluding carboxylic acids is 2. The lowest BCUT2D eigenvalue weighted by Gasteiger charge is -2.36. The summed E-state index contributed by atoms with van der Waals surface area (Å²) in [5, 5.41) is 9.14. The number of methoxy groups -OCH3 is 1. The molecule has 2 heterocycles. The summed E-state index contributed by atoms with van der Waals surface area (Å²) < 4.78 is 5.08. The molecule has 7 heteroatoms. The highest BCUT2D eigenvalue weighted by molar-refractivity contribution is 6.35. The summed E-state index contributed by atoms with van der Waals surface area (Å²) in [6, 6.07) is 7.75. The maximum absolute atomic E-state index is 13.2. The van der Waals surface area contributed by atoms with Crippen molar-refractivity contribution in [3.63, 3.8) is 0 Å². The van der Waals surface area contributed by atoms with Crippen LogP contribution in [0.2, 0.25) is 0 Å². The zero-order chi connectivity index (χ0) is 20.1. The average molecular weight is 387 g/mol. The number of aliphatic hydroxyl groups excluding tert-OH is 1. The second kappa shape index (κ2) is 9.32. The number of aliphatic hydroxyl groups is 1. The number of piperazine rings is 1. The number of β-amino-alcohol motifs (C(OH)–C–C–N with tert-alkyl or cyclic N) is 1. The van der Waals surface area contributed by atoms with E-state index in [-0.39, 0.29) is 18.4 Å². The smallest absolute Gasteiger partial charge is 0.277 e. The standard InChI is InChI=1S/C21H29N3O4/c1-16-4-6-17(7-5-16)18-19(23-11-9-22(10-12-23)13-14-25)21(27)24(20(18)26)8-3-15-28-2/h4-7,25H,3,8-15H2,1-2H3. The topological polar surface area (TPSA) is 73.3 Å². The molecule has 0 aromatic heterocycles. The second-order valence-corrected chi connectivity index (χ2v) is 7.25. The highest BCUT2D eigenvalue weighted by Crippen LogP contribution is 2.32. The van der Waals surface area contributed by atoms with Gasteiger partial charge in [-0.25, -0.2) is 0 Å². The molecule has 3 rings (SSSR count). The number of hydrogen-bond donors (Lipinski definition) is 1. The first-order valence-corrected chi connectivity index (χ1v) is 9.81. The lowest BCUT2D eigenvalue weighted by molar-refractivity contribution is -0.137. The van der Waals surface area contributed by atoms with Crippen molar-refractivity contribution in [1.29, 1.82) is 0 Å². The molecule has 0 bridgehead atoms. The van der Waals surface area contributed by atoms with E-state index in [1.54, 1.807) is 7.11 Å². The average Bonchev–Trinajstić information content (AvgIpc) is 2.94. The van der Waals surface area contributed by atoms with Crippen LogP contribution in [-0.2, 0) is 14.3 Å². The fourth-order valence-electron chi connectivity index (χ4n) is 3.74. The fraction of sp³-hybridized carbons (Fsp3) is 0.524. The van der Waals surface area contributed by atoms with Crippen molar-refractivity contribution < 1.29 is 19.4 Å². The van der Waals surface area contributed by atoms with E-state index in [0.29, 0.717) is 50.5 Å². The van der Waals surface area contributed by atoms with Gasteiger partial charge in [0.2, 0.25) is 0 Å². The Morgan fingerprint density at radius 3 is 2.29 bits per heavy atom. The lowest BCUT2D eigenvalue weighted by Crippen LogP contribution is -2.48. The van der Waals surface area contributed by atoms with Crippen molar-refractivity contribution in [2.75, 3.05) is 59.6 Å². The van der Waals surface area contributed by atoms with Gasteiger partial charge in [-0.15, -0.1) is 0 Å². The van der Waals surface area contributed by atoms with Gasteiger partial charge in [0, 0.05) is 53.0 Å². The molecule has 1 aromatic carbocycles. The van der Waals surface area contributed by atoms with Gasteiger partial charge >= 0.3 is 0 Å². The van der Waals surface area contributed by atoms with Crippen molar-refractivity contribution in [3.8, 4) is 0 Å². The number of nitrogens with zero attached hydrogens (tertiary/aromatic N) is 3. The number of aryl methyl sites for hydroxylation is 1. The minimum absolute atomic E-state index is 0.127. The van der Waals surface area contributed by atoms with Crippen LogP contribution in [0, 0.1) is 6.92 Å². The molecule has 0 saturated carbocycles. The van der Waals surface area contributed by atoms with E-state index in [2.05, 4.69) is 4.90 Å². The first-order valence-electron chi connectivity index (χ1n) is 9.81. The summed E-state index contributed by atoms with van der Waals surface area (Å²) in [6.45, 7) is 6.47. The molecule has 0 radical (unpaired) electrons. The minimum atomic E-state index is -0.224. The molecule has 2 amide bonds. The first kappa shape index (κ1) is 20.5. The van der Waals surface area contributed by atoms with E-state index in [9.17, 15) is 9.59 Å². The Hall–Kier alpha value is -2.22. The Morgan fingerprint density at radius 1 is 1.00 bits per heavy atom. The molecule has 152 valence electrons. The van der Waals surface area contributed by atoms with Gasteiger partial charge in [0.25, 0.3) is 11.8 Å². The second-order valence-electron chi connectivity index (χ2n) is 7.25. The number of imide groups is 1. The monoisotopic (exact) mass is 387 g/mol. The molecule has 1 fully saturated rings. The molecule has 2 aliphatic rings. The van der Waals surface area contributed by atoms with Crippen molar-refractivity contribution in [1.82, 2.24) is 14.7 Å². The summed E-state index contributed by atoms with van der Waals surface area (Å²) in [5.41, 5.74) is 2.90. The third kappa shape index (κ3) is 4.27. The van der Waals surface area contributed by atoms with Crippen LogP contribution in [0.5, 0.6) is 0 Å². The minimum Gasteiger partial charge on any atom is -0.395 e. The van der Waals surface area contributed by atoms with E-state index in [1.165, 1.54) is 4.90 Å². The van der Waals surface area contributed by atoms with Gasteiger partial charge in [-0.3, -0.25) is 19.4 Å². The number of rotatable bonds is 8. The SMILES string of the molecule is COCCCN1C(=O)C(c2ccc(C)cc2)=C(N2CCN(CCO)CC2)C1=O. The lowest BCUT2D eigenvalue weighted by atomic mass is 10.0. The molecule has 0 unspecified atom stereocenters. The molecule has 0 spiro atoms. The molecular weight excluding hydrogens is 358 g/mol. The molecule has 7 nitrogen and oxygen atoms in total. The van der Waals surface area contributed by atoms with E-state index in [0.717, 1.165) is 24.2 Å². The Kier molecular flexibility index (Phi) is 6.83. The van der Waals surface area contributed by atoms with E-state index in [1.807, 2.05) is 36.1 Å². The van der Waals surface area contributed by atoms with Crippen molar-refractivity contribution in [3.05, 3.63) is 41.1 Å². The zero-order valence-electron chi connectivity index (χ0n) is 16.7. The highest BCUT2D eigenvalue weighted by Gasteiger charge is 2.41. The summed E-state index contributed by atoms with van der Waals surface area (Å²) >= 11 is 0. The quantitative estimate of drug-likeness (QED) is 0.524. The van der Waals surface area contributed by atoms with Gasteiger partial charge < -0.3 is 14.7 Å². The number of amides is 2. The molecule has 0 atom stereocenters. The first-order chi connectivity index (χ1) is 13.6. The van der Waals surface area contributed by atoms with Crippen LogP contribution in [0.1, 0.15) is 17.5 Å². The fourth-order valence-corrected chi connectivity index (χ4v) is 3.74. The van der Waals surface area contributed by atoms with Gasteiger partial charge in [0.1, 0.15) is 5.70 Å². The molecule has 1 aromatic rings. The van der Waals surface area contributed by atoms with Crippen LogP contribution in [-0.4, -0.2) is 91.2 Å². The van der Waals surface area contributed by atoms with E-state index >= 15 is 0 Å². The van der Waals surface area contributed by atoms with Crippen LogP contribution in [0.3, 0.4) is 0 Å². The predicted molar refractivity (Wildman–Crippen MR) is 106 cm³/mol. The summed E-state index contributed by atoms with van der Waals surface area (Å²) in [7, 11) is 1.61. The maximum atomic E-state index is 13.2. The van der Waals surface area contributed by atoms with E-state index < -0.39 is 0 Å². The van der Waals surface area contributed by atoms with Crippen molar-refractivity contribution in [2.24, 2.45) is 0 Å². The zero-order valence-corrected chi connectivity index (χ0v) is 16.7. The Labute approximate surface area is 166 Å². The number of ether oxygens (including phenoxy) is 1. The predicted octanol–water partition coefficient (Wildman–Crippen LogP) is 0.721. The summed E-state index contributed by atoms with van der Waals surface area (Å²) in [5.74, 6) is -0.440. The van der Waals surface area contributed by atoms with Gasteiger partial charge in [0.05, 0.1) is 12.2 Å². The van der Waals surface area contributed by atoms with Gasteiger partial charge in [-0.2, -0.15) is 0 Å². The molecule has 0 aliphatic carbocycles. The van der Waals surface area contributed by atoms with Crippen LogP contribution < -0.4 is 0 Å². The third-order valence-electron chi connectivity index (χ3n) is 5.32. The van der Waals surface area contributed by atoms with Crippen LogP contribution in [0.25, 0.3) is 5.57 Å². The van der Waals surface area contributed by atoms with Gasteiger partial charge in [-0.1, -0.05) is 29.8 Å². The van der Waals surface area contributed by atoms with Crippen molar-refractivity contribution >= 4 is 17.4 Å². The Balaban J connectivity index is 1.89. The number of carbonyl (C=O) groups is 2. The maximum Gasteiger partial charge on any atom is 0.277 e. The van der Waals surface area contributed by atoms with Crippen LogP contribution in [0.4, 0.5) is 0 Å². The summed E-state index contributed by atoms with van der Waals surface area (Å²) in [6.07, 6.45) is 0.618.